The zero-order valence-corrected chi connectivity index (χ0v) is 8.16. The van der Waals surface area contributed by atoms with Gasteiger partial charge in [-0.2, -0.15) is 5.26 Å². The number of rotatable bonds is 2. The van der Waals surface area contributed by atoms with Gasteiger partial charge in [0.15, 0.2) is 5.69 Å². The van der Waals surface area contributed by atoms with Crippen LogP contribution in [0.3, 0.4) is 0 Å². The minimum absolute atomic E-state index is 0.599. The molecular formula is C10H14N4. The van der Waals surface area contributed by atoms with Crippen LogP contribution in [0.1, 0.15) is 30.1 Å². The molecule has 1 aromatic rings. The molecule has 74 valence electrons. The normalized spacial score (nSPS) is 14.9. The van der Waals surface area contributed by atoms with Gasteiger partial charge >= 0.3 is 0 Å². The molecule has 0 unspecified atom stereocenters. The molecule has 0 amide bonds. The molecule has 14 heavy (non-hydrogen) atoms. The lowest BCUT2D eigenvalue weighted by molar-refractivity contribution is 0.514. The maximum Gasteiger partial charge on any atom is 0.161 e. The average molecular weight is 190 g/mol. The first kappa shape index (κ1) is 9.22. The summed E-state index contributed by atoms with van der Waals surface area (Å²) in [6.45, 7) is 1.60. The number of nitrogens with two attached hydrogens (primary N) is 1. The molecule has 0 aliphatic carbocycles. The van der Waals surface area contributed by atoms with Gasteiger partial charge in [0.05, 0.1) is 5.69 Å². The highest BCUT2D eigenvalue weighted by molar-refractivity contribution is 5.30. The molecule has 2 heterocycles. The van der Waals surface area contributed by atoms with E-state index in [9.17, 15) is 0 Å². The van der Waals surface area contributed by atoms with Gasteiger partial charge in [0.2, 0.25) is 0 Å². The molecule has 2 rings (SSSR count). The molecule has 0 fully saturated rings. The Morgan fingerprint density at radius 3 is 3.07 bits per heavy atom. The Hall–Kier alpha value is -1.34. The zero-order chi connectivity index (χ0) is 9.97. The minimum atomic E-state index is 0.599. The maximum absolute atomic E-state index is 8.92. The zero-order valence-electron chi connectivity index (χ0n) is 8.16. The number of imidazole rings is 1. The van der Waals surface area contributed by atoms with Gasteiger partial charge in [0.25, 0.3) is 0 Å². The monoisotopic (exact) mass is 190 g/mol. The molecule has 0 spiro atoms. The van der Waals surface area contributed by atoms with Gasteiger partial charge in [-0.05, 0) is 25.8 Å². The summed E-state index contributed by atoms with van der Waals surface area (Å²) in [6, 6.07) is 2.16. The molecule has 4 heteroatoms. The molecule has 1 aliphatic heterocycles. The molecule has 0 atom stereocenters. The quantitative estimate of drug-likeness (QED) is 0.742. The highest BCUT2D eigenvalue weighted by atomic mass is 15.1. The Morgan fingerprint density at radius 2 is 2.36 bits per heavy atom. The third-order valence-corrected chi connectivity index (χ3v) is 2.67. The Kier molecular flexibility index (Phi) is 2.51. The molecule has 0 bridgehead atoms. The van der Waals surface area contributed by atoms with Crippen LogP contribution >= 0.6 is 0 Å². The largest absolute Gasteiger partial charge is 0.331 e. The van der Waals surface area contributed by atoms with Gasteiger partial charge in [0.1, 0.15) is 11.9 Å². The molecule has 0 saturated carbocycles. The summed E-state index contributed by atoms with van der Waals surface area (Å²) in [4.78, 5) is 4.32. The summed E-state index contributed by atoms with van der Waals surface area (Å²) in [5.74, 6) is 0.985. The fourth-order valence-corrected chi connectivity index (χ4v) is 2.03. The van der Waals surface area contributed by atoms with E-state index in [0.717, 1.165) is 30.9 Å². The van der Waals surface area contributed by atoms with Gasteiger partial charge < -0.3 is 10.3 Å². The van der Waals surface area contributed by atoms with E-state index in [1.54, 1.807) is 0 Å². The van der Waals surface area contributed by atoms with E-state index in [1.807, 2.05) is 0 Å². The number of hydrogen-bond donors (Lipinski definition) is 1. The van der Waals surface area contributed by atoms with E-state index in [-0.39, 0.29) is 0 Å². The SMILES string of the molecule is N#Cc1nc(CCN)n2c1CCCC2. The standard InChI is InChI=1S/C10H14N4/c11-5-4-10-13-8(7-12)9-3-1-2-6-14(9)10/h1-6,11H2. The van der Waals surface area contributed by atoms with Crippen molar-refractivity contribution in [1.82, 2.24) is 9.55 Å². The van der Waals surface area contributed by atoms with Crippen molar-refractivity contribution in [2.24, 2.45) is 5.73 Å². The molecule has 4 nitrogen and oxygen atoms in total. The molecule has 1 aromatic heterocycles. The minimum Gasteiger partial charge on any atom is -0.331 e. The molecule has 0 aromatic carbocycles. The maximum atomic E-state index is 8.92. The van der Waals surface area contributed by atoms with E-state index in [2.05, 4.69) is 15.6 Å². The summed E-state index contributed by atoms with van der Waals surface area (Å²) < 4.78 is 2.18. The van der Waals surface area contributed by atoms with Crippen molar-refractivity contribution in [3.8, 4) is 6.07 Å². The topological polar surface area (TPSA) is 67.6 Å². The Morgan fingerprint density at radius 1 is 1.50 bits per heavy atom. The van der Waals surface area contributed by atoms with Gasteiger partial charge in [-0.15, -0.1) is 0 Å². The third-order valence-electron chi connectivity index (χ3n) is 2.67. The molecule has 1 aliphatic rings. The van der Waals surface area contributed by atoms with Crippen LogP contribution in [-0.2, 0) is 19.4 Å². The molecule has 2 N–H and O–H groups in total. The van der Waals surface area contributed by atoms with Crippen molar-refractivity contribution in [3.63, 3.8) is 0 Å². The van der Waals surface area contributed by atoms with Gasteiger partial charge in [-0.3, -0.25) is 0 Å². The molecule has 0 saturated heterocycles. The van der Waals surface area contributed by atoms with E-state index >= 15 is 0 Å². The van der Waals surface area contributed by atoms with E-state index in [0.29, 0.717) is 12.2 Å². The summed E-state index contributed by atoms with van der Waals surface area (Å²) in [5, 5.41) is 8.92. The predicted molar refractivity (Wildman–Crippen MR) is 52.6 cm³/mol. The van der Waals surface area contributed by atoms with Gasteiger partial charge in [-0.1, -0.05) is 0 Å². The Balaban J connectivity index is 2.42. The van der Waals surface area contributed by atoms with Crippen LogP contribution in [0.25, 0.3) is 0 Å². The fraction of sp³-hybridized carbons (Fsp3) is 0.600. The Bertz CT molecular complexity index is 372. The van der Waals surface area contributed by atoms with Crippen molar-refractivity contribution < 1.29 is 0 Å². The highest BCUT2D eigenvalue weighted by Crippen LogP contribution is 2.20. The van der Waals surface area contributed by atoms with Crippen LogP contribution in [0.2, 0.25) is 0 Å². The first-order valence-corrected chi connectivity index (χ1v) is 5.05. The predicted octanol–water partition coefficient (Wildman–Crippen LogP) is 0.592. The number of aromatic nitrogens is 2. The second kappa shape index (κ2) is 3.81. The smallest absolute Gasteiger partial charge is 0.161 e. The van der Waals surface area contributed by atoms with Crippen LogP contribution < -0.4 is 5.73 Å². The molecule has 0 radical (unpaired) electrons. The lowest BCUT2D eigenvalue weighted by atomic mass is 10.1. The second-order valence-electron chi connectivity index (χ2n) is 3.58. The number of nitriles is 1. The van der Waals surface area contributed by atoms with Gasteiger partial charge in [0, 0.05) is 13.0 Å². The summed E-state index contributed by atoms with van der Waals surface area (Å²) in [5.41, 5.74) is 7.23. The summed E-state index contributed by atoms with van der Waals surface area (Å²) in [6.07, 6.45) is 4.11. The first-order valence-electron chi connectivity index (χ1n) is 5.05. The van der Waals surface area contributed by atoms with Crippen molar-refractivity contribution >= 4 is 0 Å². The second-order valence-corrected chi connectivity index (χ2v) is 3.58. The van der Waals surface area contributed by atoms with Crippen LogP contribution in [0, 0.1) is 11.3 Å². The lowest BCUT2D eigenvalue weighted by Gasteiger charge is -2.16. The number of hydrogen-bond acceptors (Lipinski definition) is 3. The van der Waals surface area contributed by atoms with Crippen molar-refractivity contribution in [2.45, 2.75) is 32.2 Å². The van der Waals surface area contributed by atoms with Crippen LogP contribution in [-0.4, -0.2) is 16.1 Å². The van der Waals surface area contributed by atoms with Gasteiger partial charge in [-0.25, -0.2) is 4.98 Å². The van der Waals surface area contributed by atoms with Crippen molar-refractivity contribution in [1.29, 1.82) is 5.26 Å². The highest BCUT2D eigenvalue weighted by Gasteiger charge is 2.18. The molecular weight excluding hydrogens is 176 g/mol. The van der Waals surface area contributed by atoms with E-state index in [1.165, 1.54) is 12.8 Å². The number of nitrogens with zero attached hydrogens (tertiary/aromatic N) is 3. The van der Waals surface area contributed by atoms with Crippen LogP contribution in [0.4, 0.5) is 0 Å². The lowest BCUT2D eigenvalue weighted by Crippen LogP contribution is -2.15. The first-order chi connectivity index (χ1) is 6.86. The van der Waals surface area contributed by atoms with Crippen molar-refractivity contribution in [2.75, 3.05) is 6.54 Å². The average Bonchev–Trinajstić information content (AvgIpc) is 2.58. The third kappa shape index (κ3) is 1.40. The fourth-order valence-electron chi connectivity index (χ4n) is 2.03. The van der Waals surface area contributed by atoms with Crippen molar-refractivity contribution in [3.05, 3.63) is 17.2 Å². The van der Waals surface area contributed by atoms with E-state index < -0.39 is 0 Å². The summed E-state index contributed by atoms with van der Waals surface area (Å²) in [7, 11) is 0. The number of fused-ring (bicyclic) bond motifs is 1. The van der Waals surface area contributed by atoms with E-state index in [4.69, 9.17) is 11.0 Å². The van der Waals surface area contributed by atoms with Crippen LogP contribution in [0.5, 0.6) is 0 Å². The van der Waals surface area contributed by atoms with Crippen LogP contribution in [0.15, 0.2) is 0 Å². The summed E-state index contributed by atoms with van der Waals surface area (Å²) >= 11 is 0. The Labute approximate surface area is 83.4 Å².